The van der Waals surface area contributed by atoms with Gasteiger partial charge in [-0.3, -0.25) is 4.98 Å². The van der Waals surface area contributed by atoms with Gasteiger partial charge in [-0.2, -0.15) is 0 Å². The molecule has 0 radical (unpaired) electrons. The molecule has 1 aliphatic rings. The van der Waals surface area contributed by atoms with Crippen LogP contribution >= 0.6 is 15.9 Å². The highest BCUT2D eigenvalue weighted by Crippen LogP contribution is 2.28. The largest absolute Gasteiger partial charge is 0.373 e. The number of ether oxygens (including phenoxy) is 1. The van der Waals surface area contributed by atoms with Gasteiger partial charge in [-0.1, -0.05) is 6.42 Å². The third-order valence-electron chi connectivity index (χ3n) is 3.12. The first-order valence-electron chi connectivity index (χ1n) is 5.70. The van der Waals surface area contributed by atoms with Crippen molar-refractivity contribution in [3.63, 3.8) is 0 Å². The highest BCUT2D eigenvalue weighted by atomic mass is 79.9. The number of nitrogens with two attached hydrogens (primary N) is 1. The van der Waals surface area contributed by atoms with E-state index in [4.69, 9.17) is 10.5 Å². The van der Waals surface area contributed by atoms with Crippen LogP contribution in [0.1, 0.15) is 24.8 Å². The molecule has 1 aromatic heterocycles. The summed E-state index contributed by atoms with van der Waals surface area (Å²) in [4.78, 5) is 4.12. The molecule has 1 aliphatic carbocycles. The molecule has 1 saturated carbocycles. The van der Waals surface area contributed by atoms with E-state index < -0.39 is 0 Å². The Labute approximate surface area is 105 Å². The molecule has 1 heterocycles. The van der Waals surface area contributed by atoms with Gasteiger partial charge in [0.15, 0.2) is 0 Å². The molecule has 2 rings (SSSR count). The summed E-state index contributed by atoms with van der Waals surface area (Å²) in [5, 5.41) is 0. The second kappa shape index (κ2) is 5.75. The molecule has 0 amide bonds. The molecular formula is C12H17BrN2O. The van der Waals surface area contributed by atoms with E-state index in [-0.39, 0.29) is 0 Å². The van der Waals surface area contributed by atoms with Crippen molar-refractivity contribution in [3.05, 3.63) is 28.5 Å². The van der Waals surface area contributed by atoms with Crippen LogP contribution in [-0.2, 0) is 11.3 Å². The van der Waals surface area contributed by atoms with E-state index in [1.807, 2.05) is 12.3 Å². The van der Waals surface area contributed by atoms with E-state index in [2.05, 4.69) is 20.9 Å². The fourth-order valence-electron chi connectivity index (χ4n) is 2.23. The monoisotopic (exact) mass is 284 g/mol. The maximum atomic E-state index is 5.91. The number of aromatic nitrogens is 1. The summed E-state index contributed by atoms with van der Waals surface area (Å²) in [6, 6.07) is 2.04. The molecule has 4 heteroatoms. The van der Waals surface area contributed by atoms with Crippen LogP contribution in [0.2, 0.25) is 0 Å². The van der Waals surface area contributed by atoms with Gasteiger partial charge in [0.05, 0.1) is 12.7 Å². The van der Waals surface area contributed by atoms with Crippen LogP contribution < -0.4 is 5.73 Å². The smallest absolute Gasteiger partial charge is 0.0736 e. The number of hydrogen-bond acceptors (Lipinski definition) is 3. The standard InChI is InChI=1S/C12H17BrN2O/c13-11-4-9(6-15-7-11)8-16-12-3-1-2-10(12)5-14/h4,6-7,10,12H,1-3,5,8,14H2. The lowest BCUT2D eigenvalue weighted by Crippen LogP contribution is -2.25. The average Bonchev–Trinajstić information content (AvgIpc) is 2.74. The third-order valence-corrected chi connectivity index (χ3v) is 3.55. The van der Waals surface area contributed by atoms with Gasteiger partial charge in [-0.15, -0.1) is 0 Å². The molecule has 2 unspecified atom stereocenters. The minimum absolute atomic E-state index is 0.337. The number of pyridine rings is 1. The minimum atomic E-state index is 0.337. The van der Waals surface area contributed by atoms with Gasteiger partial charge in [-0.05, 0) is 52.9 Å². The van der Waals surface area contributed by atoms with Gasteiger partial charge in [0.25, 0.3) is 0 Å². The Bertz CT molecular complexity index is 346. The van der Waals surface area contributed by atoms with Gasteiger partial charge < -0.3 is 10.5 Å². The summed E-state index contributed by atoms with van der Waals surface area (Å²) in [6.07, 6.45) is 7.55. The Hall–Kier alpha value is -0.450. The van der Waals surface area contributed by atoms with Crippen molar-refractivity contribution in [3.8, 4) is 0 Å². The lowest BCUT2D eigenvalue weighted by Gasteiger charge is -2.18. The molecule has 0 bridgehead atoms. The predicted molar refractivity (Wildman–Crippen MR) is 66.9 cm³/mol. The number of hydrogen-bond donors (Lipinski definition) is 1. The van der Waals surface area contributed by atoms with Gasteiger partial charge in [0, 0.05) is 16.9 Å². The SMILES string of the molecule is NCC1CCCC1OCc1cncc(Br)c1. The first kappa shape index (κ1) is 12.0. The van der Waals surface area contributed by atoms with Crippen molar-refractivity contribution >= 4 is 15.9 Å². The van der Waals surface area contributed by atoms with E-state index in [0.29, 0.717) is 18.6 Å². The Morgan fingerprint density at radius 3 is 3.06 bits per heavy atom. The van der Waals surface area contributed by atoms with Gasteiger partial charge in [-0.25, -0.2) is 0 Å². The third kappa shape index (κ3) is 3.03. The Balaban J connectivity index is 1.87. The van der Waals surface area contributed by atoms with Crippen molar-refractivity contribution < 1.29 is 4.74 Å². The fraction of sp³-hybridized carbons (Fsp3) is 0.583. The molecule has 0 spiro atoms. The van der Waals surface area contributed by atoms with Crippen LogP contribution in [0.25, 0.3) is 0 Å². The Morgan fingerprint density at radius 2 is 2.31 bits per heavy atom. The van der Waals surface area contributed by atoms with Crippen LogP contribution in [0.15, 0.2) is 22.9 Å². The summed E-state index contributed by atoms with van der Waals surface area (Å²) < 4.78 is 6.90. The van der Waals surface area contributed by atoms with E-state index in [9.17, 15) is 0 Å². The van der Waals surface area contributed by atoms with Gasteiger partial charge in [0.2, 0.25) is 0 Å². The van der Waals surface area contributed by atoms with Crippen LogP contribution in [-0.4, -0.2) is 17.6 Å². The van der Waals surface area contributed by atoms with Crippen molar-refractivity contribution in [2.75, 3.05) is 6.54 Å². The molecule has 3 nitrogen and oxygen atoms in total. The summed E-state index contributed by atoms with van der Waals surface area (Å²) in [6.45, 7) is 1.37. The Kier molecular flexibility index (Phi) is 4.32. The highest BCUT2D eigenvalue weighted by molar-refractivity contribution is 9.10. The molecule has 88 valence electrons. The lowest BCUT2D eigenvalue weighted by molar-refractivity contribution is 0.0181. The molecule has 0 aromatic carbocycles. The first-order valence-corrected chi connectivity index (χ1v) is 6.50. The normalized spacial score (nSPS) is 24.9. The second-order valence-electron chi connectivity index (χ2n) is 4.29. The maximum absolute atomic E-state index is 5.91. The quantitative estimate of drug-likeness (QED) is 0.924. The number of nitrogens with zero attached hydrogens (tertiary/aromatic N) is 1. The molecule has 1 aromatic rings. The molecule has 0 aliphatic heterocycles. The van der Waals surface area contributed by atoms with E-state index in [0.717, 1.165) is 23.0 Å². The van der Waals surface area contributed by atoms with E-state index >= 15 is 0 Å². The summed E-state index contributed by atoms with van der Waals surface area (Å²) in [5.74, 6) is 0.542. The zero-order valence-corrected chi connectivity index (χ0v) is 10.8. The zero-order chi connectivity index (χ0) is 11.4. The average molecular weight is 285 g/mol. The summed E-state index contributed by atoms with van der Waals surface area (Å²) in [7, 11) is 0. The minimum Gasteiger partial charge on any atom is -0.373 e. The van der Waals surface area contributed by atoms with Crippen LogP contribution in [0.3, 0.4) is 0 Å². The maximum Gasteiger partial charge on any atom is 0.0736 e. The lowest BCUT2D eigenvalue weighted by atomic mass is 10.1. The summed E-state index contributed by atoms with van der Waals surface area (Å²) >= 11 is 3.40. The molecule has 16 heavy (non-hydrogen) atoms. The van der Waals surface area contributed by atoms with Crippen molar-refractivity contribution in [2.24, 2.45) is 11.7 Å². The van der Waals surface area contributed by atoms with Crippen molar-refractivity contribution in [2.45, 2.75) is 32.0 Å². The van der Waals surface area contributed by atoms with Crippen LogP contribution in [0, 0.1) is 5.92 Å². The molecule has 2 atom stereocenters. The second-order valence-corrected chi connectivity index (χ2v) is 5.20. The zero-order valence-electron chi connectivity index (χ0n) is 9.23. The number of halogens is 1. The van der Waals surface area contributed by atoms with E-state index in [1.165, 1.54) is 12.8 Å². The molecule has 2 N–H and O–H groups in total. The molecule has 0 saturated heterocycles. The predicted octanol–water partition coefficient (Wildman–Crippen LogP) is 2.49. The Morgan fingerprint density at radius 1 is 1.44 bits per heavy atom. The van der Waals surface area contributed by atoms with Crippen LogP contribution in [0.4, 0.5) is 0 Å². The molecular weight excluding hydrogens is 268 g/mol. The summed E-state index contributed by atoms with van der Waals surface area (Å²) in [5.41, 5.74) is 6.83. The number of rotatable bonds is 4. The topological polar surface area (TPSA) is 48.1 Å². The van der Waals surface area contributed by atoms with Gasteiger partial charge in [0.1, 0.15) is 0 Å². The van der Waals surface area contributed by atoms with Gasteiger partial charge >= 0.3 is 0 Å². The van der Waals surface area contributed by atoms with Crippen molar-refractivity contribution in [1.82, 2.24) is 4.98 Å². The fourth-order valence-corrected chi connectivity index (χ4v) is 2.64. The first-order chi connectivity index (χ1) is 7.79. The van der Waals surface area contributed by atoms with E-state index in [1.54, 1.807) is 6.20 Å². The molecule has 1 fully saturated rings. The highest BCUT2D eigenvalue weighted by Gasteiger charge is 2.26. The van der Waals surface area contributed by atoms with Crippen molar-refractivity contribution in [1.29, 1.82) is 0 Å². The van der Waals surface area contributed by atoms with Crippen LogP contribution in [0.5, 0.6) is 0 Å².